The molecule has 0 aromatic carbocycles. The van der Waals surface area contributed by atoms with Gasteiger partial charge in [0.05, 0.1) is 25.4 Å². The fraction of sp³-hybridized carbons (Fsp3) is 0.925. The van der Waals surface area contributed by atoms with Crippen LogP contribution in [-0.2, 0) is 14.3 Å². The number of carbonyl (C=O) groups excluding carboxylic acids is 1. The van der Waals surface area contributed by atoms with E-state index in [1.54, 1.807) is 0 Å². The van der Waals surface area contributed by atoms with Gasteiger partial charge < -0.3 is 50.5 Å². The summed E-state index contributed by atoms with van der Waals surface area (Å²) in [5.41, 5.74) is 0. The number of carbonyl (C=O) groups is 1. The van der Waals surface area contributed by atoms with Gasteiger partial charge in [0.2, 0.25) is 5.91 Å². The van der Waals surface area contributed by atoms with E-state index in [0.29, 0.717) is 12.8 Å². The highest BCUT2D eigenvalue weighted by Gasteiger charge is 2.44. The summed E-state index contributed by atoms with van der Waals surface area (Å²) < 4.78 is 11.1. The number of hydrogen-bond donors (Lipinski definition) is 8. The summed E-state index contributed by atoms with van der Waals surface area (Å²) >= 11 is 0. The molecule has 0 radical (unpaired) electrons. The first-order valence-electron chi connectivity index (χ1n) is 33.7. The van der Waals surface area contributed by atoms with Crippen LogP contribution in [0.25, 0.3) is 0 Å². The minimum atomic E-state index is -1.67. The predicted molar refractivity (Wildman–Crippen MR) is 326 cm³/mol. The number of aliphatic hydroxyl groups is 7. The highest BCUT2D eigenvalue weighted by Crippen LogP contribution is 2.24. The van der Waals surface area contributed by atoms with Crippen LogP contribution >= 0.6 is 0 Å². The van der Waals surface area contributed by atoms with Crippen LogP contribution in [0, 0.1) is 0 Å². The number of hydrogen-bond acceptors (Lipinski definition) is 10. The van der Waals surface area contributed by atoms with E-state index in [-0.39, 0.29) is 12.8 Å². The normalized spacial score (nSPS) is 19.5. The zero-order valence-electron chi connectivity index (χ0n) is 50.9. The zero-order chi connectivity index (χ0) is 56.8. The number of ether oxygens (including phenoxy) is 2. The second-order valence-corrected chi connectivity index (χ2v) is 23.9. The molecule has 1 heterocycles. The molecule has 8 N–H and O–H groups in total. The van der Waals surface area contributed by atoms with Gasteiger partial charge in [-0.2, -0.15) is 0 Å². The molecule has 11 nitrogen and oxygen atoms in total. The van der Waals surface area contributed by atoms with Crippen molar-refractivity contribution >= 4 is 5.91 Å². The molecule has 1 fully saturated rings. The second-order valence-electron chi connectivity index (χ2n) is 23.9. The van der Waals surface area contributed by atoms with Crippen molar-refractivity contribution in [3.8, 4) is 0 Å². The Bertz CT molecular complexity index is 1320. The highest BCUT2D eigenvalue weighted by molar-refractivity contribution is 5.80. The molecular formula is C67H129NO10. The van der Waals surface area contributed by atoms with Gasteiger partial charge in [0.1, 0.15) is 36.6 Å². The van der Waals surface area contributed by atoms with Crippen molar-refractivity contribution in [3.05, 3.63) is 24.3 Å². The number of amides is 1. The Morgan fingerprint density at radius 1 is 0.436 bits per heavy atom. The molecule has 0 spiro atoms. The van der Waals surface area contributed by atoms with Gasteiger partial charge in [-0.15, -0.1) is 0 Å². The minimum absolute atomic E-state index is 0.257. The third-order valence-electron chi connectivity index (χ3n) is 16.5. The van der Waals surface area contributed by atoms with E-state index in [1.807, 2.05) is 0 Å². The van der Waals surface area contributed by atoms with Crippen LogP contribution in [0.15, 0.2) is 24.3 Å². The van der Waals surface area contributed by atoms with Gasteiger partial charge in [-0.1, -0.05) is 289 Å². The Hall–Kier alpha value is -1.41. The summed E-state index contributed by atoms with van der Waals surface area (Å²) in [7, 11) is 0. The smallest absolute Gasteiger partial charge is 0.249 e. The Morgan fingerprint density at radius 2 is 0.756 bits per heavy atom. The van der Waals surface area contributed by atoms with E-state index >= 15 is 0 Å². The molecule has 0 aromatic rings. The monoisotopic (exact) mass is 1110 g/mol. The standard InChI is InChI=1S/C67H129NO10/c1-3-5-7-9-11-13-15-17-18-19-20-21-22-23-24-25-26-27-28-29-30-31-32-33-34-35-36-37-38-39-40-41-43-45-47-49-51-53-55-60(71)66(76)68-58(57-77-67-65(75)64(74)63(73)61(56-69)78-67)62(72)59(70)54-52-50-48-46-44-42-16-14-12-10-8-6-4-2/h29-30,46,48,58-65,67,69-75H,3-28,31-45,47,49-57H2,1-2H3,(H,68,76)/b30-29-,48-46+. The van der Waals surface area contributed by atoms with Crippen molar-refractivity contribution in [1.29, 1.82) is 0 Å². The highest BCUT2D eigenvalue weighted by atomic mass is 16.7. The molecule has 0 aromatic heterocycles. The number of nitrogens with one attached hydrogen (secondary N) is 1. The predicted octanol–water partition coefficient (Wildman–Crippen LogP) is 15.6. The van der Waals surface area contributed by atoms with Crippen molar-refractivity contribution in [2.75, 3.05) is 13.2 Å². The van der Waals surface area contributed by atoms with E-state index in [9.17, 15) is 40.5 Å². The number of unbranched alkanes of at least 4 members (excludes halogenated alkanes) is 43. The van der Waals surface area contributed by atoms with Crippen LogP contribution in [0.4, 0.5) is 0 Å². The molecule has 1 aliphatic heterocycles. The lowest BCUT2D eigenvalue weighted by atomic mass is 9.98. The van der Waals surface area contributed by atoms with Crippen LogP contribution in [0.5, 0.6) is 0 Å². The molecule has 462 valence electrons. The van der Waals surface area contributed by atoms with Crippen molar-refractivity contribution in [2.24, 2.45) is 0 Å². The van der Waals surface area contributed by atoms with Crippen LogP contribution < -0.4 is 5.32 Å². The summed E-state index contributed by atoms with van der Waals surface area (Å²) in [5, 5.41) is 76.1. The van der Waals surface area contributed by atoms with Crippen LogP contribution in [0.2, 0.25) is 0 Å². The Morgan fingerprint density at radius 3 is 1.10 bits per heavy atom. The summed E-state index contributed by atoms with van der Waals surface area (Å²) in [6.07, 6.45) is 58.7. The van der Waals surface area contributed by atoms with E-state index in [2.05, 4.69) is 43.5 Å². The first kappa shape index (κ1) is 74.6. The largest absolute Gasteiger partial charge is 0.394 e. The quantitative estimate of drug-likeness (QED) is 0.0215. The molecule has 0 bridgehead atoms. The van der Waals surface area contributed by atoms with Crippen LogP contribution in [0.1, 0.15) is 328 Å². The molecule has 0 saturated carbocycles. The fourth-order valence-corrected chi connectivity index (χ4v) is 11.0. The maximum atomic E-state index is 13.2. The van der Waals surface area contributed by atoms with E-state index in [1.165, 1.54) is 250 Å². The number of rotatable bonds is 59. The van der Waals surface area contributed by atoms with Gasteiger partial charge in [-0.3, -0.25) is 4.79 Å². The van der Waals surface area contributed by atoms with Crippen molar-refractivity contribution in [3.63, 3.8) is 0 Å². The van der Waals surface area contributed by atoms with E-state index in [4.69, 9.17) is 9.47 Å². The summed E-state index contributed by atoms with van der Waals surface area (Å²) in [5.74, 6) is -0.702. The van der Waals surface area contributed by atoms with Gasteiger partial charge in [0.15, 0.2) is 6.29 Å². The first-order chi connectivity index (χ1) is 38.2. The molecule has 9 atom stereocenters. The zero-order valence-corrected chi connectivity index (χ0v) is 50.9. The van der Waals surface area contributed by atoms with Crippen LogP contribution in [-0.4, -0.2) is 110 Å². The molecular weight excluding hydrogens is 979 g/mol. The number of aliphatic hydroxyl groups excluding tert-OH is 7. The molecule has 0 aliphatic carbocycles. The molecule has 1 aliphatic rings. The van der Waals surface area contributed by atoms with Crippen molar-refractivity contribution < 1.29 is 50.0 Å². The Kier molecular flexibility index (Phi) is 53.6. The van der Waals surface area contributed by atoms with Crippen LogP contribution in [0.3, 0.4) is 0 Å². The lowest BCUT2D eigenvalue weighted by Gasteiger charge is -2.40. The average molecular weight is 1110 g/mol. The topological polar surface area (TPSA) is 189 Å². The maximum absolute atomic E-state index is 13.2. The second kappa shape index (κ2) is 56.1. The van der Waals surface area contributed by atoms with Gasteiger partial charge in [0.25, 0.3) is 0 Å². The minimum Gasteiger partial charge on any atom is -0.394 e. The molecule has 1 amide bonds. The van der Waals surface area contributed by atoms with Gasteiger partial charge >= 0.3 is 0 Å². The molecule has 11 heteroatoms. The lowest BCUT2D eigenvalue weighted by molar-refractivity contribution is -0.303. The van der Waals surface area contributed by atoms with Crippen molar-refractivity contribution in [1.82, 2.24) is 5.32 Å². The van der Waals surface area contributed by atoms with Gasteiger partial charge in [-0.25, -0.2) is 0 Å². The molecule has 78 heavy (non-hydrogen) atoms. The maximum Gasteiger partial charge on any atom is 0.249 e. The first-order valence-corrected chi connectivity index (χ1v) is 33.7. The fourth-order valence-electron chi connectivity index (χ4n) is 11.0. The average Bonchev–Trinajstić information content (AvgIpc) is 3.45. The third kappa shape index (κ3) is 43.3. The third-order valence-corrected chi connectivity index (χ3v) is 16.5. The molecule has 1 saturated heterocycles. The van der Waals surface area contributed by atoms with Gasteiger partial charge in [-0.05, 0) is 64.2 Å². The molecule has 9 unspecified atom stereocenters. The Labute approximate surface area is 480 Å². The molecule has 1 rings (SSSR count). The SMILES string of the molecule is CCCCCCCCCC/C=C/CCCC(O)C(O)C(COC1OC(CO)C(O)C(O)C1O)NC(=O)C(O)CCCCCCCCCCCCCCCCCC/C=C\CCCCCCCCCCCCCCCCCCCC. The van der Waals surface area contributed by atoms with E-state index in [0.717, 1.165) is 38.5 Å². The van der Waals surface area contributed by atoms with E-state index < -0.39 is 74.2 Å². The summed E-state index contributed by atoms with van der Waals surface area (Å²) in [6, 6.07) is -1.18. The van der Waals surface area contributed by atoms with Gasteiger partial charge in [0, 0.05) is 0 Å². The van der Waals surface area contributed by atoms with Crippen molar-refractivity contribution in [2.45, 2.75) is 384 Å². The summed E-state index contributed by atoms with van der Waals surface area (Å²) in [4.78, 5) is 13.2. The number of allylic oxidation sites excluding steroid dienone is 4. The lowest BCUT2D eigenvalue weighted by Crippen LogP contribution is -2.60. The summed E-state index contributed by atoms with van der Waals surface area (Å²) in [6.45, 7) is 3.46. The Balaban J connectivity index is 2.10.